The van der Waals surface area contributed by atoms with Crippen LogP contribution < -0.4 is 16.1 Å². The number of halogens is 1. The van der Waals surface area contributed by atoms with Crippen LogP contribution in [-0.2, 0) is 14.4 Å². The van der Waals surface area contributed by atoms with E-state index in [-0.39, 0.29) is 36.2 Å². The average Bonchev–Trinajstić information content (AvgIpc) is 3.55. The number of carbonyl (C=O) groups excluding carboxylic acids is 1. The number of hydroxylamine groups is 1. The van der Waals surface area contributed by atoms with Gasteiger partial charge in [0.2, 0.25) is 0 Å². The molecule has 1 saturated heterocycles. The summed E-state index contributed by atoms with van der Waals surface area (Å²) in [6.07, 6.45) is 8.29. The van der Waals surface area contributed by atoms with E-state index in [1.807, 2.05) is 13.0 Å². The number of allylic oxidation sites excluding steroid dienone is 3. The molecule has 1 aliphatic carbocycles. The van der Waals surface area contributed by atoms with Crippen LogP contribution in [0.4, 0.5) is 4.39 Å². The molecular weight excluding hydrogens is 389 g/mol. The van der Waals surface area contributed by atoms with Gasteiger partial charge in [-0.15, -0.1) is 0 Å². The highest BCUT2D eigenvalue weighted by Gasteiger charge is 2.43. The molecule has 3 aliphatic rings. The van der Waals surface area contributed by atoms with Crippen LogP contribution in [0.5, 0.6) is 0 Å². The molecule has 7 nitrogen and oxygen atoms in total. The first kappa shape index (κ1) is 22.5. The van der Waals surface area contributed by atoms with Gasteiger partial charge in [-0.1, -0.05) is 19.1 Å². The van der Waals surface area contributed by atoms with Gasteiger partial charge in [-0.3, -0.25) is 19.9 Å². The molecule has 8 heteroatoms. The van der Waals surface area contributed by atoms with Crippen molar-refractivity contribution in [3.8, 4) is 0 Å². The SMILES string of the molecule is C/C(=C/C=C/F)C1=CCC(C(=O)NC(C2CC2)C2NCC(CC(=O)O)CC2C)ON1. The summed E-state index contributed by atoms with van der Waals surface area (Å²) in [7, 11) is 0. The standard InChI is InChI=1S/C22H32FN3O4/c1-13(4-3-9-23)17-7-8-18(30-26-17)22(29)25-21(16-5-6-16)20-14(2)10-15(12-24-20)11-19(27)28/h3-4,7,9,14-16,18,20-21,24,26H,5-6,8,10-12H2,1-2H3,(H,25,29)(H,27,28)/b9-3+,13-4-. The highest BCUT2D eigenvalue weighted by atomic mass is 19.1. The Balaban J connectivity index is 1.57. The molecular formula is C22H32FN3O4. The minimum absolute atomic E-state index is 0.0172. The van der Waals surface area contributed by atoms with E-state index in [4.69, 9.17) is 9.94 Å². The largest absolute Gasteiger partial charge is 0.481 e. The molecule has 30 heavy (non-hydrogen) atoms. The number of piperidine rings is 1. The fourth-order valence-corrected chi connectivity index (χ4v) is 4.48. The van der Waals surface area contributed by atoms with Crippen molar-refractivity contribution in [3.63, 3.8) is 0 Å². The van der Waals surface area contributed by atoms with Crippen LogP contribution in [0, 0.1) is 17.8 Å². The molecule has 2 fully saturated rings. The number of nitrogens with one attached hydrogen (secondary N) is 3. The molecule has 0 radical (unpaired) electrons. The van der Waals surface area contributed by atoms with E-state index in [1.165, 1.54) is 6.08 Å². The molecule has 5 atom stereocenters. The molecule has 1 amide bonds. The van der Waals surface area contributed by atoms with Gasteiger partial charge in [-0.25, -0.2) is 4.39 Å². The van der Waals surface area contributed by atoms with Gasteiger partial charge in [0.25, 0.3) is 5.91 Å². The lowest BCUT2D eigenvalue weighted by Gasteiger charge is -2.40. The lowest BCUT2D eigenvalue weighted by Crippen LogP contribution is -2.59. The van der Waals surface area contributed by atoms with Crippen LogP contribution >= 0.6 is 0 Å². The number of carboxylic acid groups (broad SMARTS) is 1. The molecule has 3 rings (SSSR count). The third-order valence-electron chi connectivity index (χ3n) is 6.23. The van der Waals surface area contributed by atoms with Gasteiger partial charge in [0, 0.05) is 24.9 Å². The summed E-state index contributed by atoms with van der Waals surface area (Å²) >= 11 is 0. The summed E-state index contributed by atoms with van der Waals surface area (Å²) in [5.41, 5.74) is 4.33. The minimum atomic E-state index is -0.764. The first-order chi connectivity index (χ1) is 14.4. The number of hydrogen-bond acceptors (Lipinski definition) is 5. The summed E-state index contributed by atoms with van der Waals surface area (Å²) in [4.78, 5) is 29.4. The van der Waals surface area contributed by atoms with Crippen LogP contribution in [0.25, 0.3) is 0 Å². The maximum Gasteiger partial charge on any atom is 0.303 e. The Morgan fingerprint density at radius 2 is 2.20 bits per heavy atom. The zero-order chi connectivity index (χ0) is 21.7. The van der Waals surface area contributed by atoms with Gasteiger partial charge in [-0.2, -0.15) is 0 Å². The molecule has 0 aromatic carbocycles. The van der Waals surface area contributed by atoms with Crippen molar-refractivity contribution >= 4 is 11.9 Å². The van der Waals surface area contributed by atoms with Crippen LogP contribution in [0.15, 0.2) is 35.8 Å². The normalized spacial score (nSPS) is 31.0. The van der Waals surface area contributed by atoms with Crippen molar-refractivity contribution in [2.45, 2.75) is 64.1 Å². The van der Waals surface area contributed by atoms with Crippen molar-refractivity contribution < 1.29 is 23.9 Å². The van der Waals surface area contributed by atoms with Gasteiger partial charge >= 0.3 is 5.97 Å². The zero-order valence-electron chi connectivity index (χ0n) is 17.6. The highest BCUT2D eigenvalue weighted by Crippen LogP contribution is 2.38. The zero-order valence-corrected chi connectivity index (χ0v) is 17.6. The van der Waals surface area contributed by atoms with Gasteiger partial charge in [0.1, 0.15) is 0 Å². The molecule has 5 unspecified atom stereocenters. The number of aliphatic carboxylic acids is 1. The van der Waals surface area contributed by atoms with Crippen LogP contribution in [-0.4, -0.2) is 41.7 Å². The van der Waals surface area contributed by atoms with E-state index in [9.17, 15) is 14.0 Å². The Labute approximate surface area is 176 Å². The van der Waals surface area contributed by atoms with E-state index >= 15 is 0 Å². The fourth-order valence-electron chi connectivity index (χ4n) is 4.48. The number of hydrogen-bond donors (Lipinski definition) is 4. The second-order valence-corrected chi connectivity index (χ2v) is 8.71. The van der Waals surface area contributed by atoms with Crippen molar-refractivity contribution in [2.75, 3.05) is 6.54 Å². The first-order valence-electron chi connectivity index (χ1n) is 10.7. The van der Waals surface area contributed by atoms with E-state index in [0.717, 1.165) is 30.5 Å². The Morgan fingerprint density at radius 3 is 2.77 bits per heavy atom. The van der Waals surface area contributed by atoms with Gasteiger partial charge in [0.15, 0.2) is 6.10 Å². The third-order valence-corrected chi connectivity index (χ3v) is 6.23. The highest BCUT2D eigenvalue weighted by molar-refractivity contribution is 5.81. The number of carbonyl (C=O) groups is 2. The van der Waals surface area contributed by atoms with Crippen LogP contribution in [0.2, 0.25) is 0 Å². The number of amides is 1. The molecule has 2 aliphatic heterocycles. The summed E-state index contributed by atoms with van der Waals surface area (Å²) in [5, 5.41) is 15.8. The Bertz CT molecular complexity index is 732. The quantitative estimate of drug-likeness (QED) is 0.450. The first-order valence-corrected chi connectivity index (χ1v) is 10.7. The predicted molar refractivity (Wildman–Crippen MR) is 111 cm³/mol. The summed E-state index contributed by atoms with van der Waals surface area (Å²) in [6.45, 7) is 4.62. The van der Waals surface area contributed by atoms with Crippen LogP contribution in [0.1, 0.15) is 46.0 Å². The molecule has 2 heterocycles. The molecule has 0 spiro atoms. The van der Waals surface area contributed by atoms with Gasteiger partial charge < -0.3 is 15.7 Å². The summed E-state index contributed by atoms with van der Waals surface area (Å²) in [6, 6.07) is 0.149. The van der Waals surface area contributed by atoms with Crippen LogP contribution in [0.3, 0.4) is 0 Å². The molecule has 166 valence electrons. The fraction of sp³-hybridized carbons (Fsp3) is 0.636. The van der Waals surface area contributed by atoms with Gasteiger partial charge in [0.05, 0.1) is 12.0 Å². The third kappa shape index (κ3) is 5.92. The van der Waals surface area contributed by atoms with Gasteiger partial charge in [-0.05, 0) is 62.1 Å². The number of carboxylic acids is 1. The molecule has 1 saturated carbocycles. The number of rotatable bonds is 8. The Morgan fingerprint density at radius 1 is 1.43 bits per heavy atom. The predicted octanol–water partition coefficient (Wildman–Crippen LogP) is 2.58. The molecule has 0 aromatic heterocycles. The monoisotopic (exact) mass is 421 g/mol. The Hall–Kier alpha value is -2.19. The maximum atomic E-state index is 12.9. The Kier molecular flexibility index (Phi) is 7.66. The van der Waals surface area contributed by atoms with E-state index < -0.39 is 12.1 Å². The lowest BCUT2D eigenvalue weighted by molar-refractivity contribution is -0.139. The lowest BCUT2D eigenvalue weighted by atomic mass is 9.80. The van der Waals surface area contributed by atoms with E-state index in [1.54, 1.807) is 6.08 Å². The van der Waals surface area contributed by atoms with E-state index in [0.29, 0.717) is 25.2 Å². The summed E-state index contributed by atoms with van der Waals surface area (Å²) in [5.74, 6) is -0.0592. The minimum Gasteiger partial charge on any atom is -0.481 e. The maximum absolute atomic E-state index is 12.9. The topological polar surface area (TPSA) is 99.7 Å². The smallest absolute Gasteiger partial charge is 0.303 e. The van der Waals surface area contributed by atoms with Crippen molar-refractivity contribution in [1.29, 1.82) is 0 Å². The second-order valence-electron chi connectivity index (χ2n) is 8.71. The summed E-state index contributed by atoms with van der Waals surface area (Å²) < 4.78 is 12.2. The molecule has 4 N–H and O–H groups in total. The average molecular weight is 422 g/mol. The second kappa shape index (κ2) is 10.2. The van der Waals surface area contributed by atoms with Crippen molar-refractivity contribution in [1.82, 2.24) is 16.1 Å². The molecule has 0 aromatic rings. The van der Waals surface area contributed by atoms with E-state index in [2.05, 4.69) is 23.0 Å². The van der Waals surface area contributed by atoms with Crippen molar-refractivity contribution in [3.05, 3.63) is 35.8 Å². The van der Waals surface area contributed by atoms with Crippen molar-refractivity contribution in [2.24, 2.45) is 17.8 Å². The molecule has 0 bridgehead atoms.